The van der Waals surface area contributed by atoms with Crippen LogP contribution in [0.15, 0.2) is 60.2 Å². The number of benzene rings is 2. The van der Waals surface area contributed by atoms with Gasteiger partial charge in [0.15, 0.2) is 5.54 Å². The molecule has 1 unspecified atom stereocenters. The van der Waals surface area contributed by atoms with Crippen LogP contribution in [-0.4, -0.2) is 40.0 Å². The van der Waals surface area contributed by atoms with Gasteiger partial charge >= 0.3 is 11.9 Å². The second-order valence-corrected chi connectivity index (χ2v) is 6.91. The molecule has 0 saturated heterocycles. The van der Waals surface area contributed by atoms with Crippen LogP contribution in [0.2, 0.25) is 0 Å². The standard InChI is InChI=1S/C22H19NO5/c1-2-28-20(25)17-13-22(21(26)27,12-14-8-4-3-5-9-14)23-18(17)15-10-6-7-11-16(15)19(23)24/h3-11H,2,12-13H2,1H3,(H,26,27). The van der Waals surface area contributed by atoms with Crippen molar-refractivity contribution >= 4 is 23.5 Å². The molecule has 0 spiro atoms. The van der Waals surface area contributed by atoms with E-state index >= 15 is 0 Å². The number of carboxylic acids is 1. The Labute approximate surface area is 162 Å². The zero-order chi connectivity index (χ0) is 19.9. The molecule has 1 N–H and O–H groups in total. The maximum absolute atomic E-state index is 13.2. The lowest BCUT2D eigenvalue weighted by atomic mass is 9.85. The molecule has 2 aliphatic rings. The van der Waals surface area contributed by atoms with Gasteiger partial charge < -0.3 is 9.84 Å². The van der Waals surface area contributed by atoms with Crippen LogP contribution < -0.4 is 0 Å². The van der Waals surface area contributed by atoms with Crippen LogP contribution in [0, 0.1) is 0 Å². The van der Waals surface area contributed by atoms with E-state index in [-0.39, 0.29) is 25.0 Å². The molecule has 28 heavy (non-hydrogen) atoms. The highest BCUT2D eigenvalue weighted by Crippen LogP contribution is 2.50. The predicted octanol–water partition coefficient (Wildman–Crippen LogP) is 2.89. The van der Waals surface area contributed by atoms with E-state index in [9.17, 15) is 19.5 Å². The number of hydrogen-bond acceptors (Lipinski definition) is 4. The summed E-state index contributed by atoms with van der Waals surface area (Å²) in [6.07, 6.45) is 0.000769. The number of fused-ring (bicyclic) bond motifs is 3. The second-order valence-electron chi connectivity index (χ2n) is 6.91. The first-order valence-corrected chi connectivity index (χ1v) is 9.11. The Kier molecular flexibility index (Phi) is 4.26. The molecule has 0 saturated carbocycles. The number of hydrogen-bond donors (Lipinski definition) is 1. The van der Waals surface area contributed by atoms with Crippen molar-refractivity contribution in [2.45, 2.75) is 25.3 Å². The zero-order valence-electron chi connectivity index (χ0n) is 15.3. The van der Waals surface area contributed by atoms with Crippen molar-refractivity contribution in [3.63, 3.8) is 0 Å². The van der Waals surface area contributed by atoms with Crippen molar-refractivity contribution in [2.75, 3.05) is 6.61 Å². The third-order valence-corrected chi connectivity index (χ3v) is 5.28. The highest BCUT2D eigenvalue weighted by Gasteiger charge is 2.58. The Hall–Kier alpha value is -3.41. The predicted molar refractivity (Wildman–Crippen MR) is 101 cm³/mol. The number of carbonyl (C=O) groups is 3. The lowest BCUT2D eigenvalue weighted by Gasteiger charge is -2.34. The van der Waals surface area contributed by atoms with Gasteiger partial charge in [-0.2, -0.15) is 0 Å². The number of rotatable bonds is 5. The van der Waals surface area contributed by atoms with E-state index in [2.05, 4.69) is 0 Å². The highest BCUT2D eigenvalue weighted by molar-refractivity contribution is 6.17. The number of carboxylic acid groups (broad SMARTS) is 1. The fourth-order valence-electron chi connectivity index (χ4n) is 4.09. The smallest absolute Gasteiger partial charge is 0.336 e. The maximum Gasteiger partial charge on any atom is 0.336 e. The van der Waals surface area contributed by atoms with Crippen molar-refractivity contribution in [1.82, 2.24) is 4.90 Å². The fourth-order valence-corrected chi connectivity index (χ4v) is 4.09. The Bertz CT molecular complexity index is 1010. The Morgan fingerprint density at radius 2 is 1.71 bits per heavy atom. The van der Waals surface area contributed by atoms with E-state index in [1.54, 1.807) is 31.2 Å². The SMILES string of the molecule is CCOC(=O)C1=C2c3ccccc3C(=O)N2C(Cc2ccccc2)(C(=O)O)C1. The summed E-state index contributed by atoms with van der Waals surface area (Å²) in [6.45, 7) is 1.86. The molecule has 2 heterocycles. The van der Waals surface area contributed by atoms with Crippen molar-refractivity contribution in [1.29, 1.82) is 0 Å². The first kappa shape index (κ1) is 18.0. The zero-order valence-corrected chi connectivity index (χ0v) is 15.3. The van der Waals surface area contributed by atoms with Gasteiger partial charge in [0.05, 0.1) is 17.9 Å². The molecule has 2 aromatic rings. The maximum atomic E-state index is 13.2. The molecule has 1 amide bonds. The molecule has 142 valence electrons. The van der Waals surface area contributed by atoms with Gasteiger partial charge in [0.2, 0.25) is 0 Å². The minimum absolute atomic E-state index is 0.0918. The number of ether oxygens (including phenoxy) is 1. The van der Waals surface area contributed by atoms with Gasteiger partial charge in [-0.3, -0.25) is 9.69 Å². The molecule has 4 rings (SSSR count). The monoisotopic (exact) mass is 377 g/mol. The van der Waals surface area contributed by atoms with Crippen molar-refractivity contribution < 1.29 is 24.2 Å². The van der Waals surface area contributed by atoms with Crippen molar-refractivity contribution in [2.24, 2.45) is 0 Å². The molecule has 2 aromatic carbocycles. The number of esters is 1. The van der Waals surface area contributed by atoms with Crippen LogP contribution in [0.3, 0.4) is 0 Å². The molecule has 0 bridgehead atoms. The lowest BCUT2D eigenvalue weighted by Crippen LogP contribution is -2.53. The average Bonchev–Trinajstić information content (AvgIpc) is 3.19. The molecular formula is C22H19NO5. The summed E-state index contributed by atoms with van der Waals surface area (Å²) in [4.78, 5) is 39.7. The van der Waals surface area contributed by atoms with Crippen LogP contribution in [0.1, 0.15) is 34.8 Å². The summed E-state index contributed by atoms with van der Waals surface area (Å²) in [5.74, 6) is -2.12. The average molecular weight is 377 g/mol. The van der Waals surface area contributed by atoms with Crippen LogP contribution in [0.4, 0.5) is 0 Å². The second kappa shape index (κ2) is 6.64. The van der Waals surface area contributed by atoms with Gasteiger partial charge in [-0.25, -0.2) is 9.59 Å². The van der Waals surface area contributed by atoms with Gasteiger partial charge in [0.1, 0.15) is 0 Å². The highest BCUT2D eigenvalue weighted by atomic mass is 16.5. The molecule has 2 aliphatic heterocycles. The topological polar surface area (TPSA) is 83.9 Å². The molecule has 0 aliphatic carbocycles. The molecule has 6 nitrogen and oxygen atoms in total. The van der Waals surface area contributed by atoms with Crippen LogP contribution in [0.5, 0.6) is 0 Å². The molecule has 0 aromatic heterocycles. The molecule has 1 atom stereocenters. The third-order valence-electron chi connectivity index (χ3n) is 5.28. The summed E-state index contributed by atoms with van der Waals surface area (Å²) >= 11 is 0. The van der Waals surface area contributed by atoms with Crippen LogP contribution >= 0.6 is 0 Å². The normalized spacial score (nSPS) is 20.2. The summed E-state index contributed by atoms with van der Waals surface area (Å²) in [5, 5.41) is 10.2. The van der Waals surface area contributed by atoms with Crippen LogP contribution in [-0.2, 0) is 20.7 Å². The van der Waals surface area contributed by atoms with E-state index in [0.717, 1.165) is 5.56 Å². The van der Waals surface area contributed by atoms with Gasteiger partial charge in [-0.15, -0.1) is 0 Å². The van der Waals surface area contributed by atoms with E-state index in [1.807, 2.05) is 30.3 Å². The molecule has 0 radical (unpaired) electrons. The van der Waals surface area contributed by atoms with Gasteiger partial charge in [-0.05, 0) is 18.6 Å². The van der Waals surface area contributed by atoms with E-state index in [4.69, 9.17) is 4.74 Å². The quantitative estimate of drug-likeness (QED) is 0.810. The third kappa shape index (κ3) is 2.52. The Morgan fingerprint density at radius 3 is 2.36 bits per heavy atom. The molecule has 0 fully saturated rings. The minimum Gasteiger partial charge on any atom is -0.479 e. The summed E-state index contributed by atoms with van der Waals surface area (Å²) in [6, 6.07) is 16.0. The van der Waals surface area contributed by atoms with Gasteiger partial charge in [-0.1, -0.05) is 48.5 Å². The van der Waals surface area contributed by atoms with Crippen molar-refractivity contribution in [3.05, 3.63) is 76.9 Å². The Balaban J connectivity index is 1.90. The lowest BCUT2D eigenvalue weighted by molar-refractivity contribution is -0.147. The summed E-state index contributed by atoms with van der Waals surface area (Å²) < 4.78 is 5.18. The number of amides is 1. The minimum atomic E-state index is -1.57. The van der Waals surface area contributed by atoms with E-state index < -0.39 is 23.4 Å². The number of carbonyl (C=O) groups excluding carboxylic acids is 2. The fraction of sp³-hybridized carbons (Fsp3) is 0.227. The Morgan fingerprint density at radius 1 is 1.07 bits per heavy atom. The molecular weight excluding hydrogens is 358 g/mol. The first-order chi connectivity index (χ1) is 13.5. The number of aliphatic carboxylic acids is 1. The van der Waals surface area contributed by atoms with Gasteiger partial charge in [0, 0.05) is 24.0 Å². The van der Waals surface area contributed by atoms with E-state index in [0.29, 0.717) is 16.8 Å². The van der Waals surface area contributed by atoms with Crippen molar-refractivity contribution in [3.8, 4) is 0 Å². The van der Waals surface area contributed by atoms with Gasteiger partial charge in [0.25, 0.3) is 5.91 Å². The van der Waals surface area contributed by atoms with Crippen LogP contribution in [0.25, 0.3) is 5.70 Å². The number of nitrogens with zero attached hydrogens (tertiary/aromatic N) is 1. The summed E-state index contributed by atoms with van der Waals surface area (Å²) in [5.41, 5.74) is 0.771. The summed E-state index contributed by atoms with van der Waals surface area (Å²) in [7, 11) is 0. The van der Waals surface area contributed by atoms with E-state index in [1.165, 1.54) is 4.90 Å². The largest absolute Gasteiger partial charge is 0.479 e. The molecule has 6 heteroatoms. The first-order valence-electron chi connectivity index (χ1n) is 9.11.